The molecule has 0 aliphatic heterocycles. The summed E-state index contributed by atoms with van der Waals surface area (Å²) in [5, 5.41) is 8.12. The zero-order chi connectivity index (χ0) is 6.57. The van der Waals surface area contributed by atoms with Crippen molar-refractivity contribution in [1.82, 2.24) is 6.15 Å². The summed E-state index contributed by atoms with van der Waals surface area (Å²) in [5.74, 6) is 0. The molecule has 4 nitrogen and oxygen atoms in total. The summed E-state index contributed by atoms with van der Waals surface area (Å²) < 4.78 is 0. The van der Waals surface area contributed by atoms with Crippen LogP contribution in [-0.2, 0) is 17.4 Å². The zero-order valence-corrected chi connectivity index (χ0v) is 7.07. The van der Waals surface area contributed by atoms with Gasteiger partial charge >= 0.3 is 0 Å². The van der Waals surface area contributed by atoms with E-state index in [1.165, 1.54) is 0 Å². The van der Waals surface area contributed by atoms with E-state index in [9.17, 15) is 4.79 Å². The summed E-state index contributed by atoms with van der Waals surface area (Å²) in [6, 6.07) is 0. The average Bonchev–Trinajstić information content (AvgIpc) is 1.67. The molecule has 1 atom stereocenters. The van der Waals surface area contributed by atoms with Crippen molar-refractivity contribution in [2.75, 3.05) is 0 Å². The Hall–Kier alpha value is -0.230. The van der Waals surface area contributed by atoms with E-state index in [1.807, 2.05) is 6.92 Å². The minimum absolute atomic E-state index is 0. The molecule has 0 aliphatic rings. The number of carbonyl (C=O) groups is 1. The number of carbonyl (C=O) groups excluding carboxylic acids is 1. The maximum Gasteiger partial charge on any atom is 0.0906 e. The normalized spacial score (nSPS) is 10.6. The predicted molar refractivity (Wildman–Crippen MR) is 42.9 cm³/mol. The van der Waals surface area contributed by atoms with Crippen molar-refractivity contribution >= 4 is 17.7 Å². The van der Waals surface area contributed by atoms with E-state index >= 15 is 0 Å². The quantitative estimate of drug-likeness (QED) is 0.570. The minimum atomic E-state index is -0.907. The van der Waals surface area contributed by atoms with Gasteiger partial charge in [0.25, 0.3) is 0 Å². The van der Waals surface area contributed by atoms with Gasteiger partial charge in [-0.2, -0.15) is 0 Å². The monoisotopic (exact) mass is 169 g/mol. The number of aliphatic hydroxyl groups is 1. The molecule has 10 heavy (non-hydrogen) atoms. The van der Waals surface area contributed by atoms with Crippen LogP contribution in [0.2, 0.25) is 0 Å². The van der Waals surface area contributed by atoms with Gasteiger partial charge < -0.3 is 34.2 Å². The molecule has 0 aromatic carbocycles. The molecule has 64 valence electrons. The summed E-state index contributed by atoms with van der Waals surface area (Å²) in [6.45, 7) is 1.89. The largest absolute Gasteiger partial charge is 0.739 e. The third-order valence-corrected chi connectivity index (χ3v) is 1.11. The van der Waals surface area contributed by atoms with Gasteiger partial charge in [-0.05, 0) is 6.42 Å². The maximum absolute atomic E-state index is 10.1. The molecular formula is C5H15NO3S. The predicted octanol–water partition coefficient (Wildman–Crippen LogP) is -0.228. The van der Waals surface area contributed by atoms with Gasteiger partial charge in [0.2, 0.25) is 0 Å². The van der Waals surface area contributed by atoms with E-state index in [0.29, 0.717) is 6.42 Å². The fourth-order valence-corrected chi connectivity index (χ4v) is 0.509. The van der Waals surface area contributed by atoms with E-state index in [2.05, 4.69) is 12.6 Å². The van der Waals surface area contributed by atoms with E-state index < -0.39 is 11.2 Å². The lowest BCUT2D eigenvalue weighted by molar-refractivity contribution is -0.118. The van der Waals surface area contributed by atoms with Crippen molar-refractivity contribution in [3.8, 4) is 0 Å². The van der Waals surface area contributed by atoms with Gasteiger partial charge in [0.1, 0.15) is 0 Å². The Labute approximate surface area is 65.9 Å². The molecule has 0 saturated carbocycles. The molecule has 0 fully saturated rings. The summed E-state index contributed by atoms with van der Waals surface area (Å²) >= 11 is 4.18. The first-order valence-corrected chi connectivity index (χ1v) is 2.98. The Kier molecular flexibility index (Phi) is 14.4. The standard InChI is InChI=1S/C5H10O2S.H3N.H2O/c1-2-3-4(6)5(7)8;;/h4,6H,2-3H2,1H3,(H,7,8);1H3;1H2. The van der Waals surface area contributed by atoms with Crippen LogP contribution in [0.1, 0.15) is 19.8 Å². The van der Waals surface area contributed by atoms with Gasteiger partial charge in [-0.3, -0.25) is 0 Å². The minimum Gasteiger partial charge on any atom is -0.739 e. The van der Waals surface area contributed by atoms with Gasteiger partial charge in [-0.15, -0.1) is 0 Å². The lowest BCUT2D eigenvalue weighted by atomic mass is 10.2. The lowest BCUT2D eigenvalue weighted by Crippen LogP contribution is -2.16. The number of hydrogen-bond acceptors (Lipinski definition) is 3. The van der Waals surface area contributed by atoms with E-state index in [4.69, 9.17) is 5.11 Å². The molecule has 0 aromatic heterocycles. The Bertz CT molecular complexity index is 89.0. The van der Waals surface area contributed by atoms with Crippen molar-refractivity contribution in [3.63, 3.8) is 0 Å². The number of hydrogen-bond donors (Lipinski definition) is 2. The van der Waals surface area contributed by atoms with Crippen LogP contribution in [-0.4, -0.2) is 21.8 Å². The smallest absolute Gasteiger partial charge is 0.0906 e. The van der Waals surface area contributed by atoms with Gasteiger partial charge in [-0.25, -0.2) is 0 Å². The lowest BCUT2D eigenvalue weighted by Gasteiger charge is -2.09. The SMILES string of the molecule is CCCC(O)C(=O)[S-].O.[NH4+]. The maximum atomic E-state index is 10.1. The van der Waals surface area contributed by atoms with Crippen LogP contribution in [0.15, 0.2) is 0 Å². The number of aliphatic hydroxyl groups excluding tert-OH is 1. The van der Waals surface area contributed by atoms with Crippen LogP contribution in [0, 0.1) is 0 Å². The second kappa shape index (κ2) is 8.77. The molecule has 0 aliphatic carbocycles. The van der Waals surface area contributed by atoms with Crippen LogP contribution in [0.3, 0.4) is 0 Å². The molecule has 0 radical (unpaired) electrons. The fourth-order valence-electron chi connectivity index (χ4n) is 0.391. The number of quaternary nitrogens is 1. The van der Waals surface area contributed by atoms with Crippen LogP contribution >= 0.6 is 0 Å². The zero-order valence-electron chi connectivity index (χ0n) is 6.26. The molecule has 0 rings (SSSR count). The molecule has 0 saturated heterocycles. The molecule has 0 aromatic rings. The van der Waals surface area contributed by atoms with Crippen molar-refractivity contribution in [3.05, 3.63) is 0 Å². The van der Waals surface area contributed by atoms with E-state index in [-0.39, 0.29) is 11.6 Å². The van der Waals surface area contributed by atoms with Crippen LogP contribution in [0.4, 0.5) is 0 Å². The molecule has 1 unspecified atom stereocenters. The highest BCUT2D eigenvalue weighted by Gasteiger charge is 1.99. The fraction of sp³-hybridized carbons (Fsp3) is 0.800. The molecule has 0 bridgehead atoms. The van der Waals surface area contributed by atoms with Crippen molar-refractivity contribution in [2.24, 2.45) is 0 Å². The highest BCUT2D eigenvalue weighted by atomic mass is 32.1. The average molecular weight is 169 g/mol. The Morgan fingerprint density at radius 3 is 2.20 bits per heavy atom. The highest BCUT2D eigenvalue weighted by molar-refractivity contribution is 7.77. The van der Waals surface area contributed by atoms with E-state index in [0.717, 1.165) is 6.42 Å². The summed E-state index contributed by atoms with van der Waals surface area (Å²) in [6.07, 6.45) is 0.376. The van der Waals surface area contributed by atoms with Gasteiger partial charge in [0.15, 0.2) is 0 Å². The number of rotatable bonds is 3. The second-order valence-corrected chi connectivity index (χ2v) is 2.03. The molecule has 5 heteroatoms. The van der Waals surface area contributed by atoms with Gasteiger partial charge in [-0.1, -0.05) is 13.3 Å². The Morgan fingerprint density at radius 1 is 1.70 bits per heavy atom. The van der Waals surface area contributed by atoms with E-state index in [1.54, 1.807) is 0 Å². The Balaban J connectivity index is -0.000000245. The van der Waals surface area contributed by atoms with Crippen LogP contribution in [0.5, 0.6) is 0 Å². The highest BCUT2D eigenvalue weighted by Crippen LogP contribution is 1.94. The Morgan fingerprint density at radius 2 is 2.10 bits per heavy atom. The van der Waals surface area contributed by atoms with Crippen molar-refractivity contribution < 1.29 is 15.4 Å². The van der Waals surface area contributed by atoms with Crippen molar-refractivity contribution in [1.29, 1.82) is 0 Å². The topological polar surface area (TPSA) is 105 Å². The molecule has 7 N–H and O–H groups in total. The summed E-state index contributed by atoms with van der Waals surface area (Å²) in [5.41, 5.74) is 0. The second-order valence-electron chi connectivity index (χ2n) is 1.62. The van der Waals surface area contributed by atoms with Gasteiger partial charge in [0, 0.05) is 5.12 Å². The molecule has 0 heterocycles. The third-order valence-electron chi connectivity index (χ3n) is 0.834. The first kappa shape index (κ1) is 16.4. The summed E-state index contributed by atoms with van der Waals surface area (Å²) in [4.78, 5) is 10.1. The summed E-state index contributed by atoms with van der Waals surface area (Å²) in [7, 11) is 0. The van der Waals surface area contributed by atoms with Crippen LogP contribution < -0.4 is 6.15 Å². The third kappa shape index (κ3) is 7.77. The van der Waals surface area contributed by atoms with Crippen LogP contribution in [0.25, 0.3) is 0 Å². The molecular weight excluding hydrogens is 154 g/mol. The molecule has 0 amide bonds. The first-order chi connectivity index (χ1) is 3.68. The van der Waals surface area contributed by atoms with Crippen molar-refractivity contribution in [2.45, 2.75) is 25.9 Å². The van der Waals surface area contributed by atoms with Gasteiger partial charge in [0.05, 0.1) is 6.10 Å². The first-order valence-electron chi connectivity index (χ1n) is 2.57. The molecule has 0 spiro atoms.